The van der Waals surface area contributed by atoms with Gasteiger partial charge < -0.3 is 19.3 Å². The number of hydrogen-bond donors (Lipinski definition) is 0. The molecule has 2 aliphatic heterocycles. The van der Waals surface area contributed by atoms with Gasteiger partial charge in [-0.3, -0.25) is 4.79 Å². The van der Waals surface area contributed by atoms with Gasteiger partial charge in [0.25, 0.3) is 5.91 Å². The number of methoxy groups -OCH3 is 1. The van der Waals surface area contributed by atoms with Crippen molar-refractivity contribution in [2.45, 2.75) is 45.3 Å². The van der Waals surface area contributed by atoms with Gasteiger partial charge in [0.05, 0.1) is 12.7 Å². The van der Waals surface area contributed by atoms with Crippen molar-refractivity contribution in [2.75, 3.05) is 33.3 Å². The Kier molecular flexibility index (Phi) is 6.39. The smallest absolute Gasteiger partial charge is 0.330 e. The van der Waals surface area contributed by atoms with Crippen molar-refractivity contribution < 1.29 is 19.1 Å². The zero-order valence-corrected chi connectivity index (χ0v) is 17.1. The zero-order valence-electron chi connectivity index (χ0n) is 17.1. The first-order valence-electron chi connectivity index (χ1n) is 10.2. The van der Waals surface area contributed by atoms with Crippen LogP contribution < -0.4 is 4.74 Å². The fraction of sp³-hybridized carbons (Fsp3) is 0.545. The zero-order chi connectivity index (χ0) is 20.1. The van der Waals surface area contributed by atoms with Crippen LogP contribution in [0.25, 0.3) is 6.08 Å². The number of fused-ring (bicyclic) bond motifs is 1. The van der Waals surface area contributed by atoms with Gasteiger partial charge in [-0.2, -0.15) is 0 Å². The molecule has 0 aliphatic carbocycles. The maximum absolute atomic E-state index is 13.4. The number of nitrogens with zero attached hydrogens (tertiary/aromatic N) is 2. The van der Waals surface area contributed by atoms with E-state index in [-0.39, 0.29) is 5.91 Å². The van der Waals surface area contributed by atoms with Crippen molar-refractivity contribution in [3.05, 3.63) is 35.4 Å². The molecule has 1 aromatic rings. The Morgan fingerprint density at radius 1 is 1.29 bits per heavy atom. The Balaban J connectivity index is 1.91. The molecule has 1 saturated heterocycles. The SMILES string of the molecule is CCCCN1C(=O)c2cc(/C=C/C(=O)OC)ccc2OC12CCN(CC)CC2. The number of likely N-dealkylation sites (tertiary alicyclic amines) is 1. The number of esters is 1. The maximum Gasteiger partial charge on any atom is 0.330 e. The van der Waals surface area contributed by atoms with E-state index in [0.29, 0.717) is 17.9 Å². The third-order valence-electron chi connectivity index (χ3n) is 5.70. The van der Waals surface area contributed by atoms with E-state index in [0.717, 1.165) is 50.9 Å². The molecular weight excluding hydrogens is 356 g/mol. The minimum Gasteiger partial charge on any atom is -0.467 e. The molecule has 3 rings (SSSR count). The average Bonchev–Trinajstić information content (AvgIpc) is 2.72. The lowest BCUT2D eigenvalue weighted by atomic mass is 9.93. The lowest BCUT2D eigenvalue weighted by Gasteiger charge is -2.51. The van der Waals surface area contributed by atoms with Crippen LogP contribution in [0.5, 0.6) is 5.75 Å². The van der Waals surface area contributed by atoms with E-state index in [1.54, 1.807) is 12.1 Å². The molecule has 1 aromatic carbocycles. The highest BCUT2D eigenvalue weighted by Gasteiger charge is 2.48. The second-order valence-corrected chi connectivity index (χ2v) is 7.40. The summed E-state index contributed by atoms with van der Waals surface area (Å²) < 4.78 is 11.1. The van der Waals surface area contributed by atoms with E-state index >= 15 is 0 Å². The normalized spacial score (nSPS) is 19.0. The van der Waals surface area contributed by atoms with Crippen molar-refractivity contribution in [3.8, 4) is 5.75 Å². The number of rotatable bonds is 6. The number of benzene rings is 1. The molecule has 0 unspecified atom stereocenters. The van der Waals surface area contributed by atoms with Crippen LogP contribution in [0.3, 0.4) is 0 Å². The van der Waals surface area contributed by atoms with Gasteiger partial charge in [0.2, 0.25) is 0 Å². The Labute approximate surface area is 167 Å². The molecule has 0 atom stereocenters. The molecule has 152 valence electrons. The summed E-state index contributed by atoms with van der Waals surface area (Å²) in [5.74, 6) is 0.234. The van der Waals surface area contributed by atoms with Gasteiger partial charge in [0, 0.05) is 38.6 Å². The van der Waals surface area contributed by atoms with Crippen molar-refractivity contribution in [3.63, 3.8) is 0 Å². The Morgan fingerprint density at radius 3 is 2.68 bits per heavy atom. The van der Waals surface area contributed by atoms with Gasteiger partial charge >= 0.3 is 5.97 Å². The fourth-order valence-electron chi connectivity index (χ4n) is 3.94. The first-order valence-corrected chi connectivity index (χ1v) is 10.2. The van der Waals surface area contributed by atoms with Crippen LogP contribution in [0, 0.1) is 0 Å². The van der Waals surface area contributed by atoms with Gasteiger partial charge in [-0.1, -0.05) is 26.3 Å². The van der Waals surface area contributed by atoms with E-state index in [9.17, 15) is 9.59 Å². The van der Waals surface area contributed by atoms with E-state index in [1.807, 2.05) is 17.0 Å². The fourth-order valence-corrected chi connectivity index (χ4v) is 3.94. The molecule has 1 amide bonds. The van der Waals surface area contributed by atoms with E-state index < -0.39 is 11.7 Å². The van der Waals surface area contributed by atoms with Crippen LogP contribution in [0.1, 0.15) is 55.5 Å². The van der Waals surface area contributed by atoms with Crippen molar-refractivity contribution in [2.24, 2.45) is 0 Å². The topological polar surface area (TPSA) is 59.1 Å². The molecule has 0 bridgehead atoms. The quantitative estimate of drug-likeness (QED) is 0.554. The predicted molar refractivity (Wildman–Crippen MR) is 108 cm³/mol. The number of amides is 1. The van der Waals surface area contributed by atoms with Crippen LogP contribution in [0.15, 0.2) is 24.3 Å². The van der Waals surface area contributed by atoms with Crippen molar-refractivity contribution in [1.29, 1.82) is 0 Å². The summed E-state index contributed by atoms with van der Waals surface area (Å²) in [5, 5.41) is 0. The van der Waals surface area contributed by atoms with Crippen molar-refractivity contribution in [1.82, 2.24) is 9.80 Å². The minimum atomic E-state index is -0.547. The lowest BCUT2D eigenvalue weighted by molar-refractivity contribution is -0.134. The highest BCUT2D eigenvalue weighted by molar-refractivity contribution is 5.99. The van der Waals surface area contributed by atoms with Crippen LogP contribution in [0.2, 0.25) is 0 Å². The third kappa shape index (κ3) is 4.07. The third-order valence-corrected chi connectivity index (χ3v) is 5.70. The predicted octanol–water partition coefficient (Wildman–Crippen LogP) is 3.32. The number of carbonyl (C=O) groups excluding carboxylic acids is 2. The second kappa shape index (κ2) is 8.78. The van der Waals surface area contributed by atoms with Gasteiger partial charge in [0.1, 0.15) is 5.75 Å². The van der Waals surface area contributed by atoms with E-state index in [1.165, 1.54) is 13.2 Å². The molecule has 0 N–H and O–H groups in total. The maximum atomic E-state index is 13.4. The van der Waals surface area contributed by atoms with Gasteiger partial charge in [-0.05, 0) is 36.7 Å². The standard InChI is InChI=1S/C22H30N2O4/c1-4-6-13-24-21(26)18-16-17(8-10-20(25)27-3)7-9-19(18)28-22(24)11-14-23(5-2)15-12-22/h7-10,16H,4-6,11-15H2,1-3H3/b10-8+. The van der Waals surface area contributed by atoms with Gasteiger partial charge in [0.15, 0.2) is 5.72 Å². The molecule has 1 fully saturated rings. The molecule has 6 heteroatoms. The summed E-state index contributed by atoms with van der Waals surface area (Å²) in [5.41, 5.74) is 0.786. The molecule has 0 aromatic heterocycles. The summed E-state index contributed by atoms with van der Waals surface area (Å²) in [6.45, 7) is 7.88. The Hall–Kier alpha value is -2.34. The molecule has 6 nitrogen and oxygen atoms in total. The number of hydrogen-bond acceptors (Lipinski definition) is 5. The van der Waals surface area contributed by atoms with E-state index in [2.05, 4.69) is 23.5 Å². The minimum absolute atomic E-state index is 0.0213. The molecule has 2 heterocycles. The summed E-state index contributed by atoms with van der Waals surface area (Å²) >= 11 is 0. The number of carbonyl (C=O) groups is 2. The first kappa shape index (κ1) is 20.4. The largest absolute Gasteiger partial charge is 0.467 e. The van der Waals surface area contributed by atoms with Gasteiger partial charge in [-0.15, -0.1) is 0 Å². The summed E-state index contributed by atoms with van der Waals surface area (Å²) in [4.78, 5) is 29.1. The Morgan fingerprint density at radius 2 is 2.04 bits per heavy atom. The van der Waals surface area contributed by atoms with Crippen LogP contribution in [-0.2, 0) is 9.53 Å². The molecule has 1 spiro atoms. The highest BCUT2D eigenvalue weighted by Crippen LogP contribution is 2.40. The van der Waals surface area contributed by atoms with Crippen molar-refractivity contribution >= 4 is 18.0 Å². The Bertz CT molecular complexity index is 751. The monoisotopic (exact) mass is 386 g/mol. The molecule has 0 radical (unpaired) electrons. The highest BCUT2D eigenvalue weighted by atomic mass is 16.5. The average molecular weight is 386 g/mol. The number of unbranched alkanes of at least 4 members (excludes halogenated alkanes) is 1. The lowest BCUT2D eigenvalue weighted by Crippen LogP contribution is -2.63. The second-order valence-electron chi connectivity index (χ2n) is 7.40. The summed E-state index contributed by atoms with van der Waals surface area (Å²) in [7, 11) is 1.34. The van der Waals surface area contributed by atoms with Crippen LogP contribution in [0.4, 0.5) is 0 Å². The summed E-state index contributed by atoms with van der Waals surface area (Å²) in [6, 6.07) is 5.50. The molecule has 28 heavy (non-hydrogen) atoms. The van der Waals surface area contributed by atoms with E-state index in [4.69, 9.17) is 4.74 Å². The van der Waals surface area contributed by atoms with Crippen LogP contribution >= 0.6 is 0 Å². The summed E-state index contributed by atoms with van der Waals surface area (Å²) in [6.07, 6.45) is 6.62. The number of ether oxygens (including phenoxy) is 2. The van der Waals surface area contributed by atoms with Crippen LogP contribution in [-0.4, -0.2) is 60.7 Å². The molecular formula is C22H30N2O4. The van der Waals surface area contributed by atoms with Gasteiger partial charge in [-0.25, -0.2) is 4.79 Å². The number of piperidine rings is 1. The molecule has 2 aliphatic rings. The molecule has 0 saturated carbocycles. The first-order chi connectivity index (χ1) is 13.5.